The molecule has 2 rings (SSSR count). The van der Waals surface area contributed by atoms with E-state index >= 15 is 0 Å². The van der Waals surface area contributed by atoms with E-state index in [0.717, 1.165) is 32.1 Å². The summed E-state index contributed by atoms with van der Waals surface area (Å²) in [6.45, 7) is 2.21. The number of ether oxygens (including phenoxy) is 3. The molecule has 0 heterocycles. The Hall–Kier alpha value is -2.75. The number of methoxy groups -OCH3 is 1. The Balaban J connectivity index is 1.91. The second kappa shape index (κ2) is 10.5. The van der Waals surface area contributed by atoms with E-state index in [1.165, 1.54) is 13.2 Å². The molecule has 0 aromatic heterocycles. The average molecular weight is 388 g/mol. The summed E-state index contributed by atoms with van der Waals surface area (Å²) in [5.41, 5.74) is -0.581. The Kier molecular flexibility index (Phi) is 8.12. The molecule has 0 atom stereocenters. The minimum absolute atomic E-state index is 0.264. The number of benzene rings is 1. The van der Waals surface area contributed by atoms with Crippen molar-refractivity contribution in [3.05, 3.63) is 23.8 Å². The second-order valence-electron chi connectivity index (χ2n) is 6.95. The average Bonchev–Trinajstić information content (AvgIpc) is 2.73. The second-order valence-corrected chi connectivity index (χ2v) is 6.95. The van der Waals surface area contributed by atoms with E-state index in [1.807, 2.05) is 0 Å². The van der Waals surface area contributed by atoms with E-state index < -0.39 is 24.0 Å². The van der Waals surface area contributed by atoms with Crippen molar-refractivity contribution in [2.75, 3.05) is 20.3 Å². The van der Waals surface area contributed by atoms with Crippen molar-refractivity contribution >= 4 is 11.9 Å². The van der Waals surface area contributed by atoms with Gasteiger partial charge in [-0.3, -0.25) is 4.79 Å². The van der Waals surface area contributed by atoms with Gasteiger partial charge in [0.2, 0.25) is 0 Å². The van der Waals surface area contributed by atoms with E-state index in [2.05, 4.69) is 18.3 Å². The highest BCUT2D eigenvalue weighted by molar-refractivity contribution is 5.92. The van der Waals surface area contributed by atoms with Crippen molar-refractivity contribution in [1.29, 1.82) is 5.26 Å². The Morgan fingerprint density at radius 1 is 1.21 bits per heavy atom. The Morgan fingerprint density at radius 2 is 1.96 bits per heavy atom. The zero-order valence-electron chi connectivity index (χ0n) is 16.6. The molecule has 1 saturated carbocycles. The predicted octanol–water partition coefficient (Wildman–Crippen LogP) is 3.37. The first-order valence-electron chi connectivity index (χ1n) is 9.74. The van der Waals surface area contributed by atoms with Gasteiger partial charge in [0, 0.05) is 0 Å². The summed E-state index contributed by atoms with van der Waals surface area (Å²) in [4.78, 5) is 24.4. The summed E-state index contributed by atoms with van der Waals surface area (Å²) in [5, 5.41) is 12.1. The zero-order valence-corrected chi connectivity index (χ0v) is 16.6. The van der Waals surface area contributed by atoms with Gasteiger partial charge < -0.3 is 19.5 Å². The summed E-state index contributed by atoms with van der Waals surface area (Å²) in [7, 11) is 1.50. The summed E-state index contributed by atoms with van der Waals surface area (Å²) in [6, 6.07) is 6.96. The molecular formula is C21H28N2O5. The quantitative estimate of drug-likeness (QED) is 0.514. The topological polar surface area (TPSA) is 97.6 Å². The number of nitrogens with one attached hydrogen (secondary N) is 1. The minimum atomic E-state index is -0.845. The fourth-order valence-electron chi connectivity index (χ4n) is 3.18. The first-order chi connectivity index (χ1) is 13.5. The molecule has 152 valence electrons. The molecule has 1 aromatic rings. The standard InChI is InChI=1S/C21H28N2O5/c1-3-4-12-27-17-9-8-16(13-18(17)26-2)20(25)28-14-19(24)23-21(15-22)10-6-5-7-11-21/h8-9,13H,3-7,10-12,14H2,1-2H3,(H,23,24). The molecule has 1 aliphatic rings. The van der Waals surface area contributed by atoms with E-state index in [9.17, 15) is 14.9 Å². The first-order valence-corrected chi connectivity index (χ1v) is 9.74. The van der Waals surface area contributed by atoms with Crippen LogP contribution in [0.3, 0.4) is 0 Å². The third-order valence-corrected chi connectivity index (χ3v) is 4.79. The minimum Gasteiger partial charge on any atom is -0.493 e. The van der Waals surface area contributed by atoms with Crippen LogP contribution in [-0.2, 0) is 9.53 Å². The van der Waals surface area contributed by atoms with Gasteiger partial charge >= 0.3 is 5.97 Å². The van der Waals surface area contributed by atoms with Crippen molar-refractivity contribution in [1.82, 2.24) is 5.32 Å². The van der Waals surface area contributed by atoms with Crippen LogP contribution in [0.25, 0.3) is 0 Å². The van der Waals surface area contributed by atoms with Gasteiger partial charge in [0.15, 0.2) is 18.1 Å². The van der Waals surface area contributed by atoms with Crippen LogP contribution in [0.1, 0.15) is 62.2 Å². The Labute approximate surface area is 166 Å². The Morgan fingerprint density at radius 3 is 2.61 bits per heavy atom. The maximum atomic E-state index is 12.3. The molecule has 0 aliphatic heterocycles. The third kappa shape index (κ3) is 5.88. The lowest BCUT2D eigenvalue weighted by atomic mass is 9.83. The van der Waals surface area contributed by atoms with Gasteiger partial charge in [-0.05, 0) is 37.5 Å². The highest BCUT2D eigenvalue weighted by atomic mass is 16.5. The van der Waals surface area contributed by atoms with Crippen LogP contribution >= 0.6 is 0 Å². The molecule has 1 aliphatic carbocycles. The highest BCUT2D eigenvalue weighted by Crippen LogP contribution is 2.29. The fraction of sp³-hybridized carbons (Fsp3) is 0.571. The molecule has 7 heteroatoms. The van der Waals surface area contributed by atoms with Crippen molar-refractivity contribution < 1.29 is 23.8 Å². The van der Waals surface area contributed by atoms with Crippen LogP contribution in [0.5, 0.6) is 11.5 Å². The number of esters is 1. The molecule has 7 nitrogen and oxygen atoms in total. The number of unbranched alkanes of at least 4 members (excludes halogenated alkanes) is 1. The monoisotopic (exact) mass is 388 g/mol. The van der Waals surface area contributed by atoms with Gasteiger partial charge in [0.25, 0.3) is 5.91 Å². The van der Waals surface area contributed by atoms with E-state index in [0.29, 0.717) is 30.9 Å². The van der Waals surface area contributed by atoms with Gasteiger partial charge in [0.05, 0.1) is 25.3 Å². The molecule has 1 amide bonds. The lowest BCUT2D eigenvalue weighted by Gasteiger charge is -2.31. The number of nitriles is 1. The largest absolute Gasteiger partial charge is 0.493 e. The molecule has 0 radical (unpaired) electrons. The SMILES string of the molecule is CCCCOc1ccc(C(=O)OCC(=O)NC2(C#N)CCCCC2)cc1OC. The Bertz CT molecular complexity index is 720. The van der Waals surface area contributed by atoms with E-state index in [4.69, 9.17) is 14.2 Å². The van der Waals surface area contributed by atoms with Gasteiger partial charge in [-0.25, -0.2) is 4.79 Å². The highest BCUT2D eigenvalue weighted by Gasteiger charge is 2.33. The molecule has 28 heavy (non-hydrogen) atoms. The smallest absolute Gasteiger partial charge is 0.338 e. The summed E-state index contributed by atoms with van der Waals surface area (Å²) >= 11 is 0. The van der Waals surface area contributed by atoms with Crippen LogP contribution in [0.4, 0.5) is 0 Å². The number of amides is 1. The number of carbonyl (C=O) groups excluding carboxylic acids is 2. The maximum absolute atomic E-state index is 12.3. The maximum Gasteiger partial charge on any atom is 0.338 e. The van der Waals surface area contributed by atoms with Crippen molar-refractivity contribution in [3.8, 4) is 17.6 Å². The van der Waals surface area contributed by atoms with E-state index in [1.54, 1.807) is 12.1 Å². The molecule has 1 N–H and O–H groups in total. The van der Waals surface area contributed by atoms with Crippen LogP contribution in [-0.4, -0.2) is 37.7 Å². The van der Waals surface area contributed by atoms with Gasteiger partial charge in [-0.1, -0.05) is 32.6 Å². The molecule has 1 aromatic carbocycles. The van der Waals surface area contributed by atoms with E-state index in [-0.39, 0.29) is 5.56 Å². The third-order valence-electron chi connectivity index (χ3n) is 4.79. The summed E-state index contributed by atoms with van der Waals surface area (Å²) in [6.07, 6.45) is 6.06. The van der Waals surface area contributed by atoms with Crippen LogP contribution in [0.2, 0.25) is 0 Å². The number of hydrogen-bond acceptors (Lipinski definition) is 6. The van der Waals surface area contributed by atoms with Crippen molar-refractivity contribution in [2.24, 2.45) is 0 Å². The van der Waals surface area contributed by atoms with Crippen molar-refractivity contribution in [2.45, 2.75) is 57.4 Å². The number of rotatable bonds is 9. The molecular weight excluding hydrogens is 360 g/mol. The molecule has 0 bridgehead atoms. The number of hydrogen-bond donors (Lipinski definition) is 1. The number of nitrogens with zero attached hydrogens (tertiary/aromatic N) is 1. The molecule has 0 spiro atoms. The molecule has 0 unspecified atom stereocenters. The summed E-state index contributed by atoms with van der Waals surface area (Å²) in [5.74, 6) is -0.120. The fourth-order valence-corrected chi connectivity index (χ4v) is 3.18. The molecule has 0 saturated heterocycles. The van der Waals surface area contributed by atoms with Crippen LogP contribution in [0.15, 0.2) is 18.2 Å². The molecule has 1 fully saturated rings. The van der Waals surface area contributed by atoms with Crippen LogP contribution < -0.4 is 14.8 Å². The normalized spacial score (nSPS) is 15.2. The van der Waals surface area contributed by atoms with Gasteiger partial charge in [-0.2, -0.15) is 5.26 Å². The first kappa shape index (κ1) is 21.5. The number of carbonyl (C=O) groups is 2. The summed E-state index contributed by atoms with van der Waals surface area (Å²) < 4.78 is 16.0. The van der Waals surface area contributed by atoms with Gasteiger partial charge in [0.1, 0.15) is 5.54 Å². The lowest BCUT2D eigenvalue weighted by molar-refractivity contribution is -0.125. The predicted molar refractivity (Wildman–Crippen MR) is 103 cm³/mol. The lowest BCUT2D eigenvalue weighted by Crippen LogP contribution is -2.50. The van der Waals surface area contributed by atoms with Crippen molar-refractivity contribution in [3.63, 3.8) is 0 Å². The zero-order chi connectivity index (χ0) is 20.4. The van der Waals surface area contributed by atoms with Gasteiger partial charge in [-0.15, -0.1) is 0 Å². The van der Waals surface area contributed by atoms with Crippen LogP contribution in [0, 0.1) is 11.3 Å².